The summed E-state index contributed by atoms with van der Waals surface area (Å²) in [5, 5.41) is 0. The van der Waals surface area contributed by atoms with E-state index < -0.39 is 16.4 Å². The molecular weight excluding hydrogens is 299 g/mol. The van der Waals surface area contributed by atoms with E-state index in [4.69, 9.17) is 9.05 Å². The molecular formula is C16H35O3PSi. The van der Waals surface area contributed by atoms with Crippen molar-refractivity contribution in [2.24, 2.45) is 0 Å². The zero-order chi connectivity index (χ0) is 16.1. The van der Waals surface area contributed by atoms with Crippen LogP contribution in [0.4, 0.5) is 0 Å². The zero-order valence-electron chi connectivity index (χ0n) is 14.7. The molecule has 21 heavy (non-hydrogen) atoms. The lowest BCUT2D eigenvalue weighted by Crippen LogP contribution is -2.33. The highest BCUT2D eigenvalue weighted by atomic mass is 31.2. The van der Waals surface area contributed by atoms with Crippen LogP contribution in [-0.2, 0) is 13.8 Å². The van der Waals surface area contributed by atoms with Gasteiger partial charge in [0.1, 0.15) is 0 Å². The van der Waals surface area contributed by atoms with E-state index >= 15 is 0 Å². The van der Waals surface area contributed by atoms with Crippen LogP contribution in [0.15, 0.2) is 0 Å². The van der Waals surface area contributed by atoms with Crippen LogP contribution >= 0.6 is 8.38 Å². The van der Waals surface area contributed by atoms with Crippen molar-refractivity contribution in [1.82, 2.24) is 0 Å². The average Bonchev–Trinajstić information content (AvgIpc) is 2.51. The quantitative estimate of drug-likeness (QED) is 0.223. The van der Waals surface area contributed by atoms with E-state index in [-0.39, 0.29) is 5.52 Å². The molecule has 0 aromatic rings. The van der Waals surface area contributed by atoms with Gasteiger partial charge in [0.2, 0.25) is 13.9 Å². The summed E-state index contributed by atoms with van der Waals surface area (Å²) < 4.78 is 11.6. The number of hydrogen-bond donors (Lipinski definition) is 0. The first-order valence-electron chi connectivity index (χ1n) is 8.67. The first-order chi connectivity index (χ1) is 10.1. The van der Waals surface area contributed by atoms with Crippen molar-refractivity contribution >= 4 is 22.0 Å². The lowest BCUT2D eigenvalue weighted by atomic mass is 10.4. The van der Waals surface area contributed by atoms with Crippen LogP contribution in [0.1, 0.15) is 60.3 Å². The van der Waals surface area contributed by atoms with Crippen LogP contribution in [0.25, 0.3) is 0 Å². The van der Waals surface area contributed by atoms with E-state index in [1.165, 1.54) is 18.1 Å². The molecule has 0 aromatic heterocycles. The third kappa shape index (κ3) is 8.44. The second-order valence-corrected chi connectivity index (χ2v) is 12.8. The third-order valence-corrected chi connectivity index (χ3v) is 11.7. The second kappa shape index (κ2) is 12.7. The van der Waals surface area contributed by atoms with Crippen LogP contribution < -0.4 is 0 Å². The molecule has 0 amide bonds. The Kier molecular flexibility index (Phi) is 12.9. The highest BCUT2D eigenvalue weighted by Gasteiger charge is 2.34. The van der Waals surface area contributed by atoms with Gasteiger partial charge in [-0.1, -0.05) is 65.6 Å². The third-order valence-electron chi connectivity index (χ3n) is 4.39. The molecule has 0 saturated heterocycles. The standard InChI is InChI=1S/C16H35O3PSi/c1-6-11-13-18-20(19-14-12-7-2)16(17)15-21(8-3,9-4)10-5/h6-15H2,1-5H3. The molecule has 0 aliphatic heterocycles. The molecule has 5 heteroatoms. The molecule has 0 spiro atoms. The zero-order valence-corrected chi connectivity index (χ0v) is 16.6. The van der Waals surface area contributed by atoms with Crippen molar-refractivity contribution < 1.29 is 13.8 Å². The molecule has 0 bridgehead atoms. The van der Waals surface area contributed by atoms with Crippen molar-refractivity contribution in [2.45, 2.75) is 84.5 Å². The normalized spacial score (nSPS) is 12.1. The van der Waals surface area contributed by atoms with Gasteiger partial charge in [-0.3, -0.25) is 4.79 Å². The van der Waals surface area contributed by atoms with Gasteiger partial charge in [-0.2, -0.15) is 0 Å². The minimum Gasteiger partial charge on any atom is -0.329 e. The SMILES string of the molecule is CCCCOP(OCCCC)C(=O)C[Si](CC)(CC)CC. The number of rotatable bonds is 14. The Morgan fingerprint density at radius 3 is 1.62 bits per heavy atom. The smallest absolute Gasteiger partial charge is 0.243 e. The summed E-state index contributed by atoms with van der Waals surface area (Å²) in [6, 6.07) is 4.27. The maximum atomic E-state index is 12.6. The summed E-state index contributed by atoms with van der Waals surface area (Å²) in [4.78, 5) is 12.6. The van der Waals surface area contributed by atoms with Gasteiger partial charge in [-0.05, 0) is 12.8 Å². The van der Waals surface area contributed by atoms with E-state index in [2.05, 4.69) is 34.6 Å². The van der Waals surface area contributed by atoms with E-state index in [0.29, 0.717) is 13.2 Å². The van der Waals surface area contributed by atoms with Crippen molar-refractivity contribution in [1.29, 1.82) is 0 Å². The maximum Gasteiger partial charge on any atom is 0.243 e. The first kappa shape index (κ1) is 21.2. The van der Waals surface area contributed by atoms with Gasteiger partial charge in [0.25, 0.3) is 0 Å². The molecule has 3 nitrogen and oxygen atoms in total. The van der Waals surface area contributed by atoms with E-state index in [1.54, 1.807) is 0 Å². The minimum atomic E-state index is -1.43. The van der Waals surface area contributed by atoms with Crippen LogP contribution in [0.3, 0.4) is 0 Å². The van der Waals surface area contributed by atoms with E-state index in [1.807, 2.05) is 0 Å². The van der Waals surface area contributed by atoms with Gasteiger partial charge in [-0.25, -0.2) is 0 Å². The Bertz CT molecular complexity index is 252. The summed E-state index contributed by atoms with van der Waals surface area (Å²) >= 11 is 0. The molecule has 0 aliphatic carbocycles. The molecule has 0 N–H and O–H groups in total. The number of carbonyl (C=O) groups is 1. The van der Waals surface area contributed by atoms with Crippen molar-refractivity contribution in [2.75, 3.05) is 13.2 Å². The highest BCUT2D eigenvalue weighted by Crippen LogP contribution is 2.44. The number of hydrogen-bond acceptors (Lipinski definition) is 3. The van der Waals surface area contributed by atoms with Crippen molar-refractivity contribution in [3.63, 3.8) is 0 Å². The van der Waals surface area contributed by atoms with Gasteiger partial charge in [0.15, 0.2) is 0 Å². The Hall–Kier alpha value is 0.237. The lowest BCUT2D eigenvalue weighted by molar-refractivity contribution is -0.111. The minimum absolute atomic E-state index is 0.245. The lowest BCUT2D eigenvalue weighted by Gasteiger charge is -2.28. The molecule has 0 saturated carbocycles. The number of carbonyl (C=O) groups excluding carboxylic acids is 1. The summed E-state index contributed by atoms with van der Waals surface area (Å²) in [6.45, 7) is 12.3. The van der Waals surface area contributed by atoms with Gasteiger partial charge < -0.3 is 9.05 Å². The summed E-state index contributed by atoms with van der Waals surface area (Å²) in [7, 11) is -2.76. The first-order valence-corrected chi connectivity index (χ1v) is 12.7. The van der Waals surface area contributed by atoms with E-state index in [0.717, 1.165) is 31.7 Å². The molecule has 0 unspecified atom stereocenters. The van der Waals surface area contributed by atoms with Gasteiger partial charge in [0.05, 0.1) is 21.3 Å². The maximum absolute atomic E-state index is 12.6. The molecule has 0 atom stereocenters. The van der Waals surface area contributed by atoms with Crippen molar-refractivity contribution in [3.8, 4) is 0 Å². The molecule has 0 heterocycles. The fraction of sp³-hybridized carbons (Fsp3) is 0.938. The molecule has 0 fully saturated rings. The summed E-state index contributed by atoms with van der Waals surface area (Å²) in [6.07, 6.45) is 4.18. The van der Waals surface area contributed by atoms with Gasteiger partial charge in [-0.15, -0.1) is 0 Å². The molecule has 0 radical (unpaired) electrons. The number of unbranched alkanes of at least 4 members (excludes halogenated alkanes) is 2. The Balaban J connectivity index is 4.59. The second-order valence-electron chi connectivity index (χ2n) is 5.76. The molecule has 0 aromatic carbocycles. The average molecular weight is 335 g/mol. The van der Waals surface area contributed by atoms with Crippen LogP contribution in [0.2, 0.25) is 24.2 Å². The Morgan fingerprint density at radius 1 is 0.857 bits per heavy atom. The van der Waals surface area contributed by atoms with Crippen LogP contribution in [0.5, 0.6) is 0 Å². The predicted octanol–water partition coefficient (Wildman–Crippen LogP) is 5.97. The molecule has 126 valence electrons. The Labute approximate surface area is 134 Å². The summed E-state index contributed by atoms with van der Waals surface area (Å²) in [5.74, 6) is 0. The Morgan fingerprint density at radius 2 is 1.29 bits per heavy atom. The topological polar surface area (TPSA) is 35.5 Å². The van der Waals surface area contributed by atoms with Crippen LogP contribution in [-0.4, -0.2) is 26.8 Å². The molecule has 0 rings (SSSR count). The van der Waals surface area contributed by atoms with Gasteiger partial charge >= 0.3 is 0 Å². The predicted molar refractivity (Wildman–Crippen MR) is 95.7 cm³/mol. The van der Waals surface area contributed by atoms with E-state index in [9.17, 15) is 4.79 Å². The fourth-order valence-electron chi connectivity index (χ4n) is 2.28. The van der Waals surface area contributed by atoms with Crippen LogP contribution in [0, 0.1) is 0 Å². The van der Waals surface area contributed by atoms with Gasteiger partial charge in [0, 0.05) is 6.04 Å². The van der Waals surface area contributed by atoms with Crippen molar-refractivity contribution in [3.05, 3.63) is 0 Å². The largest absolute Gasteiger partial charge is 0.329 e. The molecule has 0 aliphatic rings. The fourth-order valence-corrected chi connectivity index (χ4v) is 7.64. The monoisotopic (exact) mass is 334 g/mol. The summed E-state index contributed by atoms with van der Waals surface area (Å²) in [5.41, 5.74) is 0.245. The highest BCUT2D eigenvalue weighted by molar-refractivity contribution is 7.66.